The van der Waals surface area contributed by atoms with Gasteiger partial charge >= 0.3 is 0 Å². The van der Waals surface area contributed by atoms with E-state index < -0.39 is 57.8 Å². The quantitative estimate of drug-likeness (QED) is 0.616. The van der Waals surface area contributed by atoms with Gasteiger partial charge in [-0.05, 0) is 44.1 Å². The van der Waals surface area contributed by atoms with Gasteiger partial charge in [0.15, 0.2) is 5.78 Å². The Hall–Kier alpha value is -1.34. The van der Waals surface area contributed by atoms with Gasteiger partial charge < -0.3 is 20.1 Å². The highest BCUT2D eigenvalue weighted by Crippen LogP contribution is 2.72. The highest BCUT2D eigenvalue weighted by Gasteiger charge is 2.84. The van der Waals surface area contributed by atoms with Crippen LogP contribution in [0.2, 0.25) is 0 Å². The van der Waals surface area contributed by atoms with Crippen LogP contribution in [0.15, 0.2) is 24.3 Å². The lowest BCUT2D eigenvalue weighted by Gasteiger charge is -2.73. The summed E-state index contributed by atoms with van der Waals surface area (Å²) in [6.07, 6.45) is 1.55. The Balaban J connectivity index is 2.03. The van der Waals surface area contributed by atoms with Crippen LogP contribution in [0, 0.1) is 34.0 Å². The molecule has 1 unspecified atom stereocenters. The van der Waals surface area contributed by atoms with Gasteiger partial charge in [-0.25, -0.2) is 0 Å². The van der Waals surface area contributed by atoms with Gasteiger partial charge in [0.05, 0.1) is 18.1 Å². The van der Waals surface area contributed by atoms with Gasteiger partial charge in [0, 0.05) is 11.8 Å². The zero-order valence-corrected chi connectivity index (χ0v) is 16.9. The van der Waals surface area contributed by atoms with Crippen LogP contribution in [0.25, 0.3) is 0 Å². The molecule has 6 heteroatoms. The molecule has 2 heterocycles. The second-order valence-electron chi connectivity index (χ2n) is 9.92. The summed E-state index contributed by atoms with van der Waals surface area (Å²) in [7, 11) is 0. The first kappa shape index (κ1) is 20.0. The molecule has 8 atom stereocenters. The summed E-state index contributed by atoms with van der Waals surface area (Å²) in [6.45, 7) is 10.8. The molecule has 0 aromatic carbocycles. The van der Waals surface area contributed by atoms with Crippen LogP contribution in [0.4, 0.5) is 0 Å². The monoisotopic (exact) mass is 390 g/mol. The normalized spacial score (nSPS) is 51.4. The van der Waals surface area contributed by atoms with Gasteiger partial charge in [-0.2, -0.15) is 0 Å². The molecule has 3 aliphatic carbocycles. The lowest BCUT2D eigenvalue weighted by molar-refractivity contribution is -0.437. The van der Waals surface area contributed by atoms with Gasteiger partial charge in [0.2, 0.25) is 5.79 Å². The molecule has 154 valence electrons. The standard InChI is InChI=1S/C22H30O6/c1-11(2)13-6-7-14-20-10-28-22(27,21(14,12(3)23)17(13)25)18(26)16(20)19(4,5)9-8-15(20)24/h8-9,13-14,16-18,25-27H,1,6-7,10H2,2-5H3/t13-,14-,16+,17+,18-,20+,21?,22-/m0/s1. The summed E-state index contributed by atoms with van der Waals surface area (Å²) < 4.78 is 5.77. The maximum atomic E-state index is 13.3. The highest BCUT2D eigenvalue weighted by molar-refractivity contribution is 5.99. The van der Waals surface area contributed by atoms with Crippen molar-refractivity contribution in [3.63, 3.8) is 0 Å². The molecule has 0 aromatic rings. The van der Waals surface area contributed by atoms with E-state index in [9.17, 15) is 24.9 Å². The number of carbonyl (C=O) groups is 2. The number of aliphatic hydroxyl groups is 3. The Morgan fingerprint density at radius 3 is 2.43 bits per heavy atom. The molecule has 5 aliphatic rings. The van der Waals surface area contributed by atoms with E-state index in [1.54, 1.807) is 13.0 Å². The van der Waals surface area contributed by atoms with E-state index in [1.165, 1.54) is 13.0 Å². The maximum Gasteiger partial charge on any atom is 0.208 e. The maximum absolute atomic E-state index is 13.3. The third kappa shape index (κ3) is 1.88. The number of rotatable bonds is 2. The number of carbonyl (C=O) groups excluding carboxylic acids is 2. The predicted molar refractivity (Wildman–Crippen MR) is 101 cm³/mol. The molecule has 2 bridgehead atoms. The van der Waals surface area contributed by atoms with Crippen LogP contribution in [-0.2, 0) is 14.3 Å². The minimum Gasteiger partial charge on any atom is -0.391 e. The summed E-state index contributed by atoms with van der Waals surface area (Å²) >= 11 is 0. The fourth-order valence-electron chi connectivity index (χ4n) is 7.21. The third-order valence-electron chi connectivity index (χ3n) is 8.32. The third-order valence-corrected chi connectivity index (χ3v) is 8.32. The first-order chi connectivity index (χ1) is 12.9. The van der Waals surface area contributed by atoms with E-state index in [-0.39, 0.29) is 12.4 Å². The Morgan fingerprint density at radius 1 is 1.21 bits per heavy atom. The number of hydrogen-bond donors (Lipinski definition) is 3. The lowest BCUT2D eigenvalue weighted by Crippen LogP contribution is -2.86. The molecule has 2 saturated heterocycles. The Kier molecular flexibility index (Phi) is 4.01. The smallest absolute Gasteiger partial charge is 0.208 e. The summed E-state index contributed by atoms with van der Waals surface area (Å²) in [5.41, 5.74) is -2.81. The van der Waals surface area contributed by atoms with E-state index in [2.05, 4.69) is 6.58 Å². The first-order valence-corrected chi connectivity index (χ1v) is 10.0. The van der Waals surface area contributed by atoms with Crippen molar-refractivity contribution in [2.75, 3.05) is 6.61 Å². The Morgan fingerprint density at radius 2 is 1.86 bits per heavy atom. The average Bonchev–Trinajstić information content (AvgIpc) is 2.59. The van der Waals surface area contributed by atoms with Crippen molar-refractivity contribution >= 4 is 11.6 Å². The van der Waals surface area contributed by atoms with Gasteiger partial charge in [-0.1, -0.05) is 32.1 Å². The van der Waals surface area contributed by atoms with E-state index in [0.29, 0.717) is 18.4 Å². The molecule has 3 N–H and O–H groups in total. The molecule has 4 fully saturated rings. The van der Waals surface area contributed by atoms with Crippen LogP contribution >= 0.6 is 0 Å². The van der Waals surface area contributed by atoms with Gasteiger partial charge in [-0.15, -0.1) is 0 Å². The average molecular weight is 390 g/mol. The number of allylic oxidation sites excluding steroid dienone is 2. The van der Waals surface area contributed by atoms with Crippen molar-refractivity contribution in [3.05, 3.63) is 24.3 Å². The molecular weight excluding hydrogens is 360 g/mol. The highest BCUT2D eigenvalue weighted by atomic mass is 16.6. The fraction of sp³-hybridized carbons (Fsp3) is 0.727. The number of hydrogen-bond acceptors (Lipinski definition) is 6. The number of aliphatic hydroxyl groups excluding tert-OH is 2. The molecule has 0 radical (unpaired) electrons. The molecule has 0 amide bonds. The SMILES string of the molecule is C=C(C)[C@@H]1CC[C@@H]2C(C(C)=O)([C@@H]1O)[C@@]1(O)OC[C@]23C(=O)C=CC(C)(C)[C@H]3[C@@H]1O. The van der Waals surface area contributed by atoms with Crippen LogP contribution < -0.4 is 0 Å². The van der Waals surface area contributed by atoms with Crippen molar-refractivity contribution in [3.8, 4) is 0 Å². The molecule has 0 aromatic heterocycles. The first-order valence-electron chi connectivity index (χ1n) is 10.0. The zero-order chi connectivity index (χ0) is 20.9. The van der Waals surface area contributed by atoms with E-state index in [1.807, 2.05) is 13.8 Å². The minimum absolute atomic E-state index is 0.0675. The zero-order valence-electron chi connectivity index (χ0n) is 16.9. The molecule has 6 nitrogen and oxygen atoms in total. The van der Waals surface area contributed by atoms with E-state index in [4.69, 9.17) is 4.74 Å². The topological polar surface area (TPSA) is 104 Å². The van der Waals surface area contributed by atoms with Crippen LogP contribution in [0.5, 0.6) is 0 Å². The van der Waals surface area contributed by atoms with Crippen molar-refractivity contribution < 1.29 is 29.6 Å². The van der Waals surface area contributed by atoms with Gasteiger partial charge in [0.1, 0.15) is 17.3 Å². The number of ketones is 2. The second kappa shape index (κ2) is 5.63. The van der Waals surface area contributed by atoms with Crippen LogP contribution in [0.1, 0.15) is 40.5 Å². The molecule has 2 aliphatic heterocycles. The number of Topliss-reactive ketones (excluding diaryl/α,β-unsaturated/α-hetero) is 1. The van der Waals surface area contributed by atoms with E-state index in [0.717, 1.165) is 0 Å². The fourth-order valence-corrected chi connectivity index (χ4v) is 7.21. The summed E-state index contributed by atoms with van der Waals surface area (Å²) in [5.74, 6) is -4.57. The molecule has 28 heavy (non-hydrogen) atoms. The largest absolute Gasteiger partial charge is 0.391 e. The molecule has 5 rings (SSSR count). The molecule has 2 saturated carbocycles. The van der Waals surface area contributed by atoms with E-state index >= 15 is 0 Å². The summed E-state index contributed by atoms with van der Waals surface area (Å²) in [6, 6.07) is 0. The second-order valence-corrected chi connectivity index (χ2v) is 9.92. The number of ether oxygens (including phenoxy) is 1. The Labute approximate surface area is 165 Å². The summed E-state index contributed by atoms with van der Waals surface area (Å²) in [4.78, 5) is 26.5. The summed E-state index contributed by atoms with van der Waals surface area (Å²) in [5, 5.41) is 34.5. The van der Waals surface area contributed by atoms with Crippen molar-refractivity contribution in [2.45, 2.75) is 58.5 Å². The van der Waals surface area contributed by atoms with Crippen molar-refractivity contribution in [1.82, 2.24) is 0 Å². The minimum atomic E-state index is -2.26. The van der Waals surface area contributed by atoms with Crippen LogP contribution in [0.3, 0.4) is 0 Å². The predicted octanol–water partition coefficient (Wildman–Crippen LogP) is 1.39. The van der Waals surface area contributed by atoms with Gasteiger partial charge in [0.25, 0.3) is 0 Å². The van der Waals surface area contributed by atoms with Gasteiger partial charge in [-0.3, -0.25) is 9.59 Å². The lowest BCUT2D eigenvalue weighted by atomic mass is 9.35. The van der Waals surface area contributed by atoms with Crippen molar-refractivity contribution in [2.24, 2.45) is 34.0 Å². The molecular formula is C22H30O6. The molecule has 1 spiro atoms. The Bertz CT molecular complexity index is 799. The number of fused-ring (bicyclic) bond motifs is 1. The van der Waals surface area contributed by atoms with Crippen molar-refractivity contribution in [1.29, 1.82) is 0 Å². The van der Waals surface area contributed by atoms with Crippen LogP contribution in [-0.4, -0.2) is 51.5 Å².